The Morgan fingerprint density at radius 2 is 2.04 bits per heavy atom. The Bertz CT molecular complexity index is 878. The summed E-state index contributed by atoms with van der Waals surface area (Å²) in [6, 6.07) is 14.5. The number of rotatable bonds is 7. The van der Waals surface area contributed by atoms with Crippen LogP contribution in [0.1, 0.15) is 18.7 Å². The van der Waals surface area contributed by atoms with E-state index in [4.69, 9.17) is 20.9 Å². The van der Waals surface area contributed by atoms with Crippen molar-refractivity contribution < 1.29 is 14.1 Å². The first-order chi connectivity index (χ1) is 12.6. The molecule has 3 aromatic rings. The molecule has 0 aliphatic rings. The predicted octanol–water partition coefficient (Wildman–Crippen LogP) is 4.36. The van der Waals surface area contributed by atoms with Gasteiger partial charge >= 0.3 is 0 Å². The number of aromatic nitrogens is 2. The van der Waals surface area contributed by atoms with Crippen molar-refractivity contribution in [1.29, 1.82) is 0 Å². The fourth-order valence-corrected chi connectivity index (χ4v) is 2.59. The molecule has 3 rings (SSSR count). The molecule has 1 aromatic heterocycles. The number of carbonyl (C=O) groups excluding carboxylic acids is 1. The monoisotopic (exact) mass is 371 g/mol. The van der Waals surface area contributed by atoms with E-state index in [1.165, 1.54) is 0 Å². The first-order valence-corrected chi connectivity index (χ1v) is 8.54. The number of amides is 1. The summed E-state index contributed by atoms with van der Waals surface area (Å²) >= 11 is 5.90. The summed E-state index contributed by atoms with van der Waals surface area (Å²) < 4.78 is 10.4. The van der Waals surface area contributed by atoms with Crippen molar-refractivity contribution in [3.05, 3.63) is 59.4 Å². The summed E-state index contributed by atoms with van der Waals surface area (Å²) in [7, 11) is 1.62. The van der Waals surface area contributed by atoms with Crippen molar-refractivity contribution in [1.82, 2.24) is 10.1 Å². The maximum Gasteiger partial charge on any atom is 0.226 e. The molecule has 0 saturated heterocycles. The molecule has 6 nitrogen and oxygen atoms in total. The highest BCUT2D eigenvalue weighted by Crippen LogP contribution is 2.20. The molecule has 0 atom stereocenters. The average Bonchev–Trinajstić information content (AvgIpc) is 3.11. The van der Waals surface area contributed by atoms with Crippen LogP contribution in [0.15, 0.2) is 53.1 Å². The van der Waals surface area contributed by atoms with Gasteiger partial charge in [-0.1, -0.05) is 22.8 Å². The van der Waals surface area contributed by atoms with Crippen molar-refractivity contribution >= 4 is 23.2 Å². The van der Waals surface area contributed by atoms with Gasteiger partial charge in [-0.2, -0.15) is 4.98 Å². The maximum absolute atomic E-state index is 12.0. The number of hydrogen-bond acceptors (Lipinski definition) is 5. The minimum atomic E-state index is -0.0813. The molecule has 1 amide bonds. The summed E-state index contributed by atoms with van der Waals surface area (Å²) in [4.78, 5) is 16.3. The maximum atomic E-state index is 12.0. The molecule has 0 radical (unpaired) electrons. The molecule has 134 valence electrons. The van der Waals surface area contributed by atoms with Gasteiger partial charge in [0.15, 0.2) is 0 Å². The minimum Gasteiger partial charge on any atom is -0.497 e. The van der Waals surface area contributed by atoms with Crippen LogP contribution in [0.3, 0.4) is 0 Å². The molecular weight excluding hydrogens is 354 g/mol. The van der Waals surface area contributed by atoms with Crippen molar-refractivity contribution in [2.75, 3.05) is 12.4 Å². The minimum absolute atomic E-state index is 0.0813. The summed E-state index contributed by atoms with van der Waals surface area (Å²) in [6.45, 7) is 0. The molecule has 0 aliphatic heterocycles. The highest BCUT2D eigenvalue weighted by molar-refractivity contribution is 6.30. The van der Waals surface area contributed by atoms with Gasteiger partial charge in [-0.15, -0.1) is 0 Å². The number of anilines is 1. The van der Waals surface area contributed by atoms with Gasteiger partial charge in [-0.05, 0) is 48.9 Å². The van der Waals surface area contributed by atoms with E-state index < -0.39 is 0 Å². The molecule has 1 heterocycles. The fraction of sp³-hybridized carbons (Fsp3) is 0.211. The van der Waals surface area contributed by atoms with Crippen molar-refractivity contribution in [2.45, 2.75) is 19.3 Å². The van der Waals surface area contributed by atoms with Gasteiger partial charge in [-0.25, -0.2) is 0 Å². The van der Waals surface area contributed by atoms with Crippen LogP contribution in [0, 0.1) is 0 Å². The molecule has 0 unspecified atom stereocenters. The molecule has 0 saturated carbocycles. The molecule has 1 N–H and O–H groups in total. The summed E-state index contributed by atoms with van der Waals surface area (Å²) in [5.41, 5.74) is 1.53. The quantitative estimate of drug-likeness (QED) is 0.667. The number of nitrogens with one attached hydrogen (secondary N) is 1. The van der Waals surface area contributed by atoms with Gasteiger partial charge in [0.05, 0.1) is 7.11 Å². The smallest absolute Gasteiger partial charge is 0.226 e. The molecule has 0 bridgehead atoms. The Labute approximate surface area is 156 Å². The third-order valence-electron chi connectivity index (χ3n) is 3.72. The Morgan fingerprint density at radius 1 is 1.23 bits per heavy atom. The number of ether oxygens (including phenoxy) is 1. The van der Waals surface area contributed by atoms with E-state index in [-0.39, 0.29) is 5.91 Å². The second-order valence-electron chi connectivity index (χ2n) is 5.65. The number of aryl methyl sites for hydroxylation is 1. The van der Waals surface area contributed by atoms with E-state index in [1.807, 2.05) is 24.3 Å². The fourth-order valence-electron chi connectivity index (χ4n) is 2.40. The summed E-state index contributed by atoms with van der Waals surface area (Å²) in [5.74, 6) is 1.71. The van der Waals surface area contributed by atoms with Gasteiger partial charge < -0.3 is 14.6 Å². The summed E-state index contributed by atoms with van der Waals surface area (Å²) in [6.07, 6.45) is 1.50. The van der Waals surface area contributed by atoms with Crippen LogP contribution >= 0.6 is 11.6 Å². The molecule has 0 fully saturated rings. The third kappa shape index (κ3) is 4.83. The lowest BCUT2D eigenvalue weighted by Crippen LogP contribution is -2.11. The Balaban J connectivity index is 1.49. The first kappa shape index (κ1) is 17.9. The number of hydrogen-bond donors (Lipinski definition) is 1. The van der Waals surface area contributed by atoms with E-state index in [0.717, 1.165) is 11.3 Å². The molecule has 26 heavy (non-hydrogen) atoms. The lowest BCUT2D eigenvalue weighted by Gasteiger charge is -2.04. The molecule has 7 heteroatoms. The molecule has 0 aliphatic carbocycles. The van der Waals surface area contributed by atoms with Gasteiger partial charge in [-0.3, -0.25) is 4.79 Å². The molecular formula is C19H18ClN3O3. The molecule has 2 aromatic carbocycles. The second kappa shape index (κ2) is 8.49. The van der Waals surface area contributed by atoms with Gasteiger partial charge in [0.2, 0.25) is 17.6 Å². The van der Waals surface area contributed by atoms with Gasteiger partial charge in [0, 0.05) is 29.1 Å². The topological polar surface area (TPSA) is 77.2 Å². The van der Waals surface area contributed by atoms with Gasteiger partial charge in [0.1, 0.15) is 5.75 Å². The van der Waals surface area contributed by atoms with Crippen LogP contribution in [-0.4, -0.2) is 23.2 Å². The SMILES string of the molecule is COc1ccc(-c2noc(CCCC(=O)Nc3cccc(Cl)c3)n2)cc1. The van der Waals surface area contributed by atoms with Crippen molar-refractivity contribution in [3.63, 3.8) is 0 Å². The van der Waals surface area contributed by atoms with E-state index >= 15 is 0 Å². The number of benzene rings is 2. The predicted molar refractivity (Wildman–Crippen MR) is 99.3 cm³/mol. The number of carbonyl (C=O) groups is 1. The molecule has 0 spiro atoms. The number of nitrogens with zero attached hydrogens (tertiary/aromatic N) is 2. The zero-order valence-electron chi connectivity index (χ0n) is 14.2. The van der Waals surface area contributed by atoms with E-state index in [2.05, 4.69) is 15.5 Å². The highest BCUT2D eigenvalue weighted by Gasteiger charge is 2.10. The largest absolute Gasteiger partial charge is 0.497 e. The van der Waals surface area contributed by atoms with Gasteiger partial charge in [0.25, 0.3) is 0 Å². The van der Waals surface area contributed by atoms with Crippen LogP contribution in [0.5, 0.6) is 5.75 Å². The third-order valence-corrected chi connectivity index (χ3v) is 3.95. The van der Waals surface area contributed by atoms with Crippen LogP contribution < -0.4 is 10.1 Å². The number of halogens is 1. The van der Waals surface area contributed by atoms with Crippen LogP contribution in [0.25, 0.3) is 11.4 Å². The van der Waals surface area contributed by atoms with Crippen LogP contribution in [-0.2, 0) is 11.2 Å². The Kier molecular flexibility index (Phi) is 5.86. The van der Waals surface area contributed by atoms with Crippen molar-refractivity contribution in [2.24, 2.45) is 0 Å². The van der Waals surface area contributed by atoms with E-state index in [1.54, 1.807) is 31.4 Å². The Hall–Kier alpha value is -2.86. The normalized spacial score (nSPS) is 10.5. The number of methoxy groups -OCH3 is 1. The van der Waals surface area contributed by atoms with Crippen molar-refractivity contribution in [3.8, 4) is 17.1 Å². The lowest BCUT2D eigenvalue weighted by molar-refractivity contribution is -0.116. The highest BCUT2D eigenvalue weighted by atomic mass is 35.5. The van der Waals surface area contributed by atoms with E-state index in [9.17, 15) is 4.79 Å². The second-order valence-corrected chi connectivity index (χ2v) is 6.09. The summed E-state index contributed by atoms with van der Waals surface area (Å²) in [5, 5.41) is 7.37. The average molecular weight is 372 g/mol. The van der Waals surface area contributed by atoms with Crippen LogP contribution in [0.4, 0.5) is 5.69 Å². The van der Waals surface area contributed by atoms with Crippen LogP contribution in [0.2, 0.25) is 5.02 Å². The zero-order chi connectivity index (χ0) is 18.4. The first-order valence-electron chi connectivity index (χ1n) is 8.16. The Morgan fingerprint density at radius 3 is 2.77 bits per heavy atom. The van der Waals surface area contributed by atoms with E-state index in [0.29, 0.717) is 41.7 Å². The standard InChI is InChI=1S/C19H18ClN3O3/c1-25-16-10-8-13(9-11-16)19-22-18(26-23-19)7-3-6-17(24)21-15-5-2-4-14(20)12-15/h2,4-5,8-12H,3,6-7H2,1H3,(H,21,24). The lowest BCUT2D eigenvalue weighted by atomic mass is 10.2. The zero-order valence-corrected chi connectivity index (χ0v) is 15.0.